The average molecular weight is 376 g/mol. The molecular formula is C20H24O7. The number of ether oxygens (including phenoxy) is 6. The Kier molecular flexibility index (Phi) is 5.16. The minimum Gasteiger partial charge on any atom is -0.496 e. The van der Waals surface area contributed by atoms with Crippen LogP contribution in [0.15, 0.2) is 48.5 Å². The fourth-order valence-corrected chi connectivity index (χ4v) is 3.78. The third kappa shape index (κ3) is 2.40. The van der Waals surface area contributed by atoms with Crippen LogP contribution in [0.1, 0.15) is 11.1 Å². The van der Waals surface area contributed by atoms with Crippen LogP contribution in [-0.2, 0) is 30.5 Å². The normalized spacial score (nSPS) is 26.1. The van der Waals surface area contributed by atoms with Gasteiger partial charge in [0.25, 0.3) is 11.6 Å². The van der Waals surface area contributed by atoms with Crippen molar-refractivity contribution in [3.63, 3.8) is 0 Å². The highest BCUT2D eigenvalue weighted by Crippen LogP contribution is 2.58. The third-order valence-electron chi connectivity index (χ3n) is 4.99. The molecule has 7 heteroatoms. The molecule has 2 aromatic rings. The van der Waals surface area contributed by atoms with E-state index in [2.05, 4.69) is 0 Å². The van der Waals surface area contributed by atoms with Gasteiger partial charge in [-0.25, -0.2) is 0 Å². The van der Waals surface area contributed by atoms with Gasteiger partial charge in [-0.3, -0.25) is 0 Å². The quantitative estimate of drug-likeness (QED) is 0.776. The average Bonchev–Trinajstić information content (AvgIpc) is 2.73. The van der Waals surface area contributed by atoms with Gasteiger partial charge in [0.1, 0.15) is 17.1 Å². The first-order chi connectivity index (χ1) is 13.0. The first-order valence-corrected chi connectivity index (χ1v) is 8.35. The molecule has 1 heterocycles. The van der Waals surface area contributed by atoms with Gasteiger partial charge in [0.15, 0.2) is 0 Å². The van der Waals surface area contributed by atoms with Crippen molar-refractivity contribution in [2.75, 3.05) is 35.5 Å². The highest BCUT2D eigenvalue weighted by Gasteiger charge is 2.74. The fraction of sp³-hybridized carbons (Fsp3) is 0.400. The number of benzene rings is 2. The monoisotopic (exact) mass is 376 g/mol. The molecule has 0 aromatic heterocycles. The van der Waals surface area contributed by atoms with E-state index in [9.17, 15) is 5.11 Å². The zero-order chi connectivity index (χ0) is 19.7. The van der Waals surface area contributed by atoms with E-state index in [1.165, 1.54) is 35.5 Å². The molecular weight excluding hydrogens is 352 g/mol. The van der Waals surface area contributed by atoms with E-state index in [-0.39, 0.29) is 5.56 Å². The zero-order valence-corrected chi connectivity index (χ0v) is 16.0. The second kappa shape index (κ2) is 7.10. The van der Waals surface area contributed by atoms with Crippen molar-refractivity contribution in [2.45, 2.75) is 17.4 Å². The molecule has 27 heavy (non-hydrogen) atoms. The fourth-order valence-electron chi connectivity index (χ4n) is 3.78. The van der Waals surface area contributed by atoms with Crippen LogP contribution in [0.3, 0.4) is 0 Å². The van der Waals surface area contributed by atoms with E-state index in [4.69, 9.17) is 28.4 Å². The van der Waals surface area contributed by atoms with Gasteiger partial charge in [0, 0.05) is 34.0 Å². The topological polar surface area (TPSA) is 75.6 Å². The second-order valence-corrected chi connectivity index (χ2v) is 6.00. The summed E-state index contributed by atoms with van der Waals surface area (Å²) in [6.45, 7) is 0. The Labute approximate surface area is 158 Å². The van der Waals surface area contributed by atoms with Crippen molar-refractivity contribution in [3.05, 3.63) is 59.7 Å². The van der Waals surface area contributed by atoms with Gasteiger partial charge >= 0.3 is 5.79 Å². The lowest BCUT2D eigenvalue weighted by atomic mass is 9.81. The van der Waals surface area contributed by atoms with E-state index in [1.54, 1.807) is 30.3 Å². The van der Waals surface area contributed by atoms with Crippen LogP contribution in [0.2, 0.25) is 0 Å². The van der Waals surface area contributed by atoms with Gasteiger partial charge in [0.2, 0.25) is 0 Å². The summed E-state index contributed by atoms with van der Waals surface area (Å²) >= 11 is 0. The summed E-state index contributed by atoms with van der Waals surface area (Å²) in [7, 11) is 7.05. The molecule has 7 nitrogen and oxygen atoms in total. The molecule has 2 unspecified atom stereocenters. The molecule has 0 radical (unpaired) electrons. The molecule has 1 aliphatic rings. The molecule has 3 rings (SSSR count). The van der Waals surface area contributed by atoms with E-state index >= 15 is 0 Å². The van der Waals surface area contributed by atoms with Crippen molar-refractivity contribution in [3.8, 4) is 11.5 Å². The van der Waals surface area contributed by atoms with E-state index < -0.39 is 17.4 Å². The Morgan fingerprint density at radius 3 is 1.96 bits per heavy atom. The van der Waals surface area contributed by atoms with E-state index in [0.717, 1.165) is 0 Å². The molecule has 1 N–H and O–H groups in total. The minimum atomic E-state index is -2.12. The number of hydrogen-bond acceptors (Lipinski definition) is 7. The van der Waals surface area contributed by atoms with Gasteiger partial charge < -0.3 is 33.5 Å². The summed E-state index contributed by atoms with van der Waals surface area (Å²) in [5.74, 6) is -5.06. The Bertz CT molecular complexity index is 790. The molecule has 0 spiro atoms. The first-order valence-electron chi connectivity index (χ1n) is 8.35. The Morgan fingerprint density at radius 1 is 0.778 bits per heavy atom. The molecule has 2 aromatic carbocycles. The molecule has 0 fully saturated rings. The largest absolute Gasteiger partial charge is 0.496 e. The number of methoxy groups -OCH3 is 5. The predicted octanol–water partition coefficient (Wildman–Crippen LogP) is 2.37. The number of aliphatic hydroxyl groups is 1. The van der Waals surface area contributed by atoms with Crippen LogP contribution in [-0.4, -0.2) is 46.4 Å². The maximum atomic E-state index is 11.8. The molecule has 2 atom stereocenters. The van der Waals surface area contributed by atoms with Gasteiger partial charge in [-0.15, -0.1) is 0 Å². The van der Waals surface area contributed by atoms with Crippen molar-refractivity contribution in [2.24, 2.45) is 0 Å². The maximum Gasteiger partial charge on any atom is 0.300 e. The molecule has 0 saturated carbocycles. The summed E-state index contributed by atoms with van der Waals surface area (Å²) in [6, 6.07) is 14.2. The van der Waals surface area contributed by atoms with Gasteiger partial charge in [0.05, 0.1) is 7.11 Å². The van der Waals surface area contributed by atoms with Crippen molar-refractivity contribution in [1.29, 1.82) is 0 Å². The molecule has 0 aliphatic carbocycles. The number of fused-ring (bicyclic) bond motifs is 1. The van der Waals surface area contributed by atoms with Crippen molar-refractivity contribution >= 4 is 0 Å². The van der Waals surface area contributed by atoms with Crippen LogP contribution in [0.4, 0.5) is 0 Å². The predicted molar refractivity (Wildman–Crippen MR) is 96.4 cm³/mol. The minimum absolute atomic E-state index is 0.238. The lowest BCUT2D eigenvalue weighted by Gasteiger charge is -2.56. The molecule has 1 aliphatic heterocycles. The molecule has 146 valence electrons. The Hall–Kier alpha value is -2.16. The lowest BCUT2D eigenvalue weighted by molar-refractivity contribution is -0.486. The van der Waals surface area contributed by atoms with E-state index in [1.807, 2.05) is 18.2 Å². The van der Waals surface area contributed by atoms with Gasteiger partial charge in [-0.05, 0) is 12.1 Å². The summed E-state index contributed by atoms with van der Waals surface area (Å²) in [6.07, 6.45) is 0. The number of rotatable bonds is 6. The third-order valence-corrected chi connectivity index (χ3v) is 4.99. The first kappa shape index (κ1) is 19.6. The standard InChI is InChI=1S/C20H24O7/c1-22-15-12-9-13-16-17(15)18(21,23-2)20(25-4,26-5)19(24-3,27-16)14-10-7-6-8-11-14/h6-13,21H,1-5H3. The van der Waals surface area contributed by atoms with Gasteiger partial charge in [-0.1, -0.05) is 36.4 Å². The SMILES string of the molecule is COc1cccc2c1C(O)(OC)C(OC)(OC)C(OC)(c1ccccc1)O2. The Balaban J connectivity index is 2.43. The molecule has 0 bridgehead atoms. The van der Waals surface area contributed by atoms with Crippen molar-refractivity contribution < 1.29 is 33.5 Å². The summed E-state index contributed by atoms with van der Waals surface area (Å²) in [5, 5.41) is 11.8. The smallest absolute Gasteiger partial charge is 0.300 e. The highest BCUT2D eigenvalue weighted by molar-refractivity contribution is 5.52. The van der Waals surface area contributed by atoms with Crippen LogP contribution in [0.25, 0.3) is 0 Å². The second-order valence-electron chi connectivity index (χ2n) is 6.00. The molecule has 0 amide bonds. The zero-order valence-electron chi connectivity index (χ0n) is 16.0. The van der Waals surface area contributed by atoms with E-state index in [0.29, 0.717) is 17.1 Å². The summed E-state index contributed by atoms with van der Waals surface area (Å²) in [4.78, 5) is 0. The maximum absolute atomic E-state index is 11.8. The van der Waals surface area contributed by atoms with Gasteiger partial charge in [-0.2, -0.15) is 0 Å². The van der Waals surface area contributed by atoms with Crippen molar-refractivity contribution in [1.82, 2.24) is 0 Å². The van der Waals surface area contributed by atoms with Crippen LogP contribution < -0.4 is 9.47 Å². The number of hydrogen-bond donors (Lipinski definition) is 1. The molecule has 0 saturated heterocycles. The highest BCUT2D eigenvalue weighted by atomic mass is 16.8. The van der Waals surface area contributed by atoms with Crippen LogP contribution >= 0.6 is 0 Å². The van der Waals surface area contributed by atoms with Crippen LogP contribution in [0.5, 0.6) is 11.5 Å². The lowest BCUT2D eigenvalue weighted by Crippen LogP contribution is -2.72. The summed E-state index contributed by atoms with van der Waals surface area (Å²) < 4.78 is 34.7. The van der Waals surface area contributed by atoms with Crippen LogP contribution in [0, 0.1) is 0 Å². The Morgan fingerprint density at radius 2 is 1.44 bits per heavy atom. The summed E-state index contributed by atoms with van der Waals surface area (Å²) in [5.41, 5.74) is 0.808.